The van der Waals surface area contributed by atoms with Gasteiger partial charge in [0.1, 0.15) is 6.04 Å². The smallest absolute Gasteiger partial charge is 0.245 e. The fourth-order valence-electron chi connectivity index (χ4n) is 5.85. The van der Waals surface area contributed by atoms with E-state index in [2.05, 4.69) is 81.2 Å². The topological polar surface area (TPSA) is 43.9 Å². The molecule has 0 saturated carbocycles. The molecular weight excluding hydrogens is 478 g/mol. The van der Waals surface area contributed by atoms with Gasteiger partial charge >= 0.3 is 0 Å². The maximum Gasteiger partial charge on any atom is 0.245 e. The van der Waals surface area contributed by atoms with Crippen LogP contribution in [0.25, 0.3) is 0 Å². The van der Waals surface area contributed by atoms with Gasteiger partial charge in [-0.05, 0) is 48.8 Å². The van der Waals surface area contributed by atoms with E-state index >= 15 is 0 Å². The Balaban J connectivity index is 1.22. The zero-order valence-electron chi connectivity index (χ0n) is 19.3. The van der Waals surface area contributed by atoms with E-state index in [0.717, 1.165) is 42.8 Å². The number of benzene rings is 2. The first-order chi connectivity index (χ1) is 16.0. The lowest BCUT2D eigenvalue weighted by Crippen LogP contribution is -2.57. The molecule has 0 spiro atoms. The number of nitrogens with zero attached hydrogens (tertiary/aromatic N) is 3. The van der Waals surface area contributed by atoms with E-state index in [1.54, 1.807) is 0 Å². The second-order valence-corrected chi connectivity index (χ2v) is 10.9. The molecule has 3 aliphatic heterocycles. The zero-order valence-corrected chi connectivity index (χ0v) is 20.8. The molecule has 6 heteroatoms. The Kier molecular flexibility index (Phi) is 6.57. The van der Waals surface area contributed by atoms with Crippen molar-refractivity contribution in [2.75, 3.05) is 26.2 Å². The molecule has 33 heavy (non-hydrogen) atoms. The summed E-state index contributed by atoms with van der Waals surface area (Å²) in [6, 6.07) is 16.4. The lowest BCUT2D eigenvalue weighted by atomic mass is 9.84. The first kappa shape index (κ1) is 22.6. The van der Waals surface area contributed by atoms with Gasteiger partial charge in [0, 0.05) is 50.2 Å². The number of carbonyl (C=O) groups is 2. The van der Waals surface area contributed by atoms with E-state index in [1.807, 2.05) is 4.90 Å². The van der Waals surface area contributed by atoms with Crippen LogP contribution in [0.4, 0.5) is 0 Å². The molecule has 0 radical (unpaired) electrons. The second kappa shape index (κ2) is 9.59. The molecule has 3 saturated heterocycles. The number of aryl methyl sites for hydroxylation is 1. The number of likely N-dealkylation sites (tertiary alicyclic amines) is 3. The van der Waals surface area contributed by atoms with Gasteiger partial charge in [-0.1, -0.05) is 64.0 Å². The van der Waals surface area contributed by atoms with Gasteiger partial charge in [-0.2, -0.15) is 0 Å². The van der Waals surface area contributed by atoms with E-state index in [4.69, 9.17) is 0 Å². The van der Waals surface area contributed by atoms with Gasteiger partial charge in [-0.3, -0.25) is 14.5 Å². The van der Waals surface area contributed by atoms with Crippen molar-refractivity contribution < 1.29 is 9.59 Å². The van der Waals surface area contributed by atoms with Crippen LogP contribution in [0, 0.1) is 18.8 Å². The average molecular weight is 510 g/mol. The lowest BCUT2D eigenvalue weighted by Gasteiger charge is -2.46. The molecule has 3 aliphatic rings. The van der Waals surface area contributed by atoms with Crippen LogP contribution in [0.15, 0.2) is 53.0 Å². The molecule has 2 amide bonds. The molecule has 5 nitrogen and oxygen atoms in total. The SMILES string of the molecule is Cc1ccc(CN2C(=O)CC[C@H]2C(=O)N2CC3CC(CN(Cc4ccccc4Br)C3)C2)cc1. The highest BCUT2D eigenvalue weighted by Crippen LogP contribution is 2.32. The fourth-order valence-corrected chi connectivity index (χ4v) is 6.26. The predicted octanol–water partition coefficient (Wildman–Crippen LogP) is 4.23. The standard InChI is InChI=1S/C27H32BrN3O2/c1-19-6-8-20(9-7-19)17-31-25(10-11-26(31)32)27(33)30-15-21-12-22(16-30)14-29(13-21)18-23-4-2-3-5-24(23)28/h2-9,21-22,25H,10-18H2,1H3/t21?,22?,25-/m0/s1. The summed E-state index contributed by atoms with van der Waals surface area (Å²) in [7, 11) is 0. The van der Waals surface area contributed by atoms with Crippen molar-refractivity contribution in [1.82, 2.24) is 14.7 Å². The van der Waals surface area contributed by atoms with Crippen molar-refractivity contribution in [3.8, 4) is 0 Å². The summed E-state index contributed by atoms with van der Waals surface area (Å²) in [6.45, 7) is 7.20. The molecule has 0 N–H and O–H groups in total. The highest BCUT2D eigenvalue weighted by Gasteiger charge is 2.42. The Labute approximate surface area is 204 Å². The van der Waals surface area contributed by atoms with Crippen LogP contribution in [-0.4, -0.2) is 58.7 Å². The number of piperidine rings is 2. The van der Waals surface area contributed by atoms with Crippen molar-refractivity contribution in [2.24, 2.45) is 11.8 Å². The van der Waals surface area contributed by atoms with Crippen molar-refractivity contribution in [1.29, 1.82) is 0 Å². The maximum absolute atomic E-state index is 13.6. The molecule has 2 aromatic rings. The van der Waals surface area contributed by atoms with Crippen LogP contribution in [0.2, 0.25) is 0 Å². The minimum Gasteiger partial charge on any atom is -0.340 e. The summed E-state index contributed by atoms with van der Waals surface area (Å²) < 4.78 is 1.16. The van der Waals surface area contributed by atoms with Crippen LogP contribution in [0.5, 0.6) is 0 Å². The molecule has 3 fully saturated rings. The van der Waals surface area contributed by atoms with Crippen LogP contribution >= 0.6 is 15.9 Å². The molecule has 5 rings (SSSR count). The molecule has 2 aromatic carbocycles. The largest absolute Gasteiger partial charge is 0.340 e. The number of hydrogen-bond donors (Lipinski definition) is 0. The monoisotopic (exact) mass is 509 g/mol. The minimum atomic E-state index is -0.311. The first-order valence-corrected chi connectivity index (χ1v) is 12.8. The molecule has 0 aromatic heterocycles. The third-order valence-corrected chi connectivity index (χ3v) is 8.18. The average Bonchev–Trinajstić information content (AvgIpc) is 3.16. The Hall–Kier alpha value is -2.18. The predicted molar refractivity (Wildman–Crippen MR) is 132 cm³/mol. The van der Waals surface area contributed by atoms with Crippen LogP contribution in [-0.2, 0) is 22.7 Å². The molecule has 174 valence electrons. The van der Waals surface area contributed by atoms with Gasteiger partial charge in [0.25, 0.3) is 0 Å². The number of fused-ring (bicyclic) bond motifs is 2. The van der Waals surface area contributed by atoms with Gasteiger partial charge < -0.3 is 9.80 Å². The Morgan fingerprint density at radius 1 is 0.970 bits per heavy atom. The second-order valence-electron chi connectivity index (χ2n) is 10.1. The van der Waals surface area contributed by atoms with Crippen molar-refractivity contribution in [2.45, 2.75) is 45.3 Å². The Bertz CT molecular complexity index is 1010. The quantitative estimate of drug-likeness (QED) is 0.605. The summed E-state index contributed by atoms with van der Waals surface area (Å²) in [5, 5.41) is 0. The normalized spacial score (nSPS) is 25.5. The van der Waals surface area contributed by atoms with E-state index in [-0.39, 0.29) is 17.9 Å². The number of halogens is 1. The van der Waals surface area contributed by atoms with E-state index < -0.39 is 0 Å². The lowest BCUT2D eigenvalue weighted by molar-refractivity contribution is -0.145. The zero-order chi connectivity index (χ0) is 22.9. The third kappa shape index (κ3) is 5.02. The molecule has 3 atom stereocenters. The van der Waals surface area contributed by atoms with E-state index in [0.29, 0.717) is 31.2 Å². The molecule has 2 unspecified atom stereocenters. The van der Waals surface area contributed by atoms with Crippen LogP contribution in [0.3, 0.4) is 0 Å². The number of carbonyl (C=O) groups excluding carboxylic acids is 2. The van der Waals surface area contributed by atoms with Crippen LogP contribution < -0.4 is 0 Å². The summed E-state index contributed by atoms with van der Waals surface area (Å²) in [5.74, 6) is 1.27. The van der Waals surface area contributed by atoms with Crippen molar-refractivity contribution in [3.63, 3.8) is 0 Å². The van der Waals surface area contributed by atoms with Gasteiger partial charge in [0.05, 0.1) is 0 Å². The Morgan fingerprint density at radius 3 is 2.36 bits per heavy atom. The highest BCUT2D eigenvalue weighted by atomic mass is 79.9. The van der Waals surface area contributed by atoms with Crippen molar-refractivity contribution >= 4 is 27.7 Å². The van der Waals surface area contributed by atoms with Gasteiger partial charge in [0.2, 0.25) is 11.8 Å². The number of rotatable bonds is 5. The molecule has 0 aliphatic carbocycles. The number of hydrogen-bond acceptors (Lipinski definition) is 3. The highest BCUT2D eigenvalue weighted by molar-refractivity contribution is 9.10. The molecular formula is C27H32BrN3O2. The van der Waals surface area contributed by atoms with E-state index in [1.165, 1.54) is 17.5 Å². The maximum atomic E-state index is 13.6. The summed E-state index contributed by atoms with van der Waals surface area (Å²) >= 11 is 3.68. The summed E-state index contributed by atoms with van der Waals surface area (Å²) in [6.07, 6.45) is 2.32. The summed E-state index contributed by atoms with van der Waals surface area (Å²) in [4.78, 5) is 32.6. The molecule has 2 bridgehead atoms. The van der Waals surface area contributed by atoms with Gasteiger partial charge in [-0.25, -0.2) is 0 Å². The van der Waals surface area contributed by atoms with E-state index in [9.17, 15) is 9.59 Å². The molecule has 3 heterocycles. The Morgan fingerprint density at radius 2 is 1.67 bits per heavy atom. The third-order valence-electron chi connectivity index (χ3n) is 7.41. The fraction of sp³-hybridized carbons (Fsp3) is 0.481. The number of amides is 2. The minimum absolute atomic E-state index is 0.103. The summed E-state index contributed by atoms with van der Waals surface area (Å²) in [5.41, 5.74) is 3.61. The van der Waals surface area contributed by atoms with Crippen molar-refractivity contribution in [3.05, 3.63) is 69.7 Å². The van der Waals surface area contributed by atoms with Gasteiger partial charge in [-0.15, -0.1) is 0 Å². The van der Waals surface area contributed by atoms with Gasteiger partial charge in [0.15, 0.2) is 0 Å². The van der Waals surface area contributed by atoms with Crippen LogP contribution in [0.1, 0.15) is 36.0 Å². The first-order valence-electron chi connectivity index (χ1n) is 12.1.